The maximum atomic E-state index is 12.7. The van der Waals surface area contributed by atoms with Gasteiger partial charge in [0.15, 0.2) is 11.5 Å². The molecule has 7 heteroatoms. The van der Waals surface area contributed by atoms with Gasteiger partial charge >= 0.3 is 5.97 Å². The fourth-order valence-electron chi connectivity index (χ4n) is 2.69. The second-order valence-electron chi connectivity index (χ2n) is 5.81. The third-order valence-electron chi connectivity index (χ3n) is 3.96. The van der Waals surface area contributed by atoms with E-state index in [4.69, 9.17) is 14.2 Å². The van der Waals surface area contributed by atoms with Gasteiger partial charge in [0.25, 0.3) is 0 Å². The lowest BCUT2D eigenvalue weighted by atomic mass is 10.1. The number of carbonyl (C=O) groups excluding carboxylic acids is 2. The van der Waals surface area contributed by atoms with Crippen LogP contribution in [0.4, 0.5) is 0 Å². The summed E-state index contributed by atoms with van der Waals surface area (Å²) in [5.41, 5.74) is 0.928. The molecule has 0 atom stereocenters. The fourth-order valence-corrected chi connectivity index (χ4v) is 3.38. The van der Waals surface area contributed by atoms with Crippen molar-refractivity contribution in [3.05, 3.63) is 46.2 Å². The second-order valence-corrected chi connectivity index (χ2v) is 6.85. The van der Waals surface area contributed by atoms with E-state index in [1.54, 1.807) is 23.2 Å². The van der Waals surface area contributed by atoms with E-state index < -0.39 is 0 Å². The van der Waals surface area contributed by atoms with Crippen LogP contribution in [-0.2, 0) is 27.3 Å². The minimum atomic E-state index is -0.299. The van der Waals surface area contributed by atoms with Crippen LogP contribution >= 0.6 is 11.3 Å². The van der Waals surface area contributed by atoms with Crippen molar-refractivity contribution < 1.29 is 23.8 Å². The standard InChI is InChI=1S/C19H21NO5S/c1-2-23-19(22)7-8-20(18(21)11-15-4-3-9-26-15)12-14-5-6-16-17(10-14)25-13-24-16/h3-6,9-10H,2,7-8,11-13H2,1H3. The highest BCUT2D eigenvalue weighted by Crippen LogP contribution is 2.32. The van der Waals surface area contributed by atoms with Crippen molar-refractivity contribution in [3.63, 3.8) is 0 Å². The van der Waals surface area contributed by atoms with Crippen molar-refractivity contribution in [2.75, 3.05) is 19.9 Å². The molecule has 1 aliphatic heterocycles. The smallest absolute Gasteiger partial charge is 0.307 e. The molecule has 0 spiro atoms. The van der Waals surface area contributed by atoms with Crippen LogP contribution in [0.25, 0.3) is 0 Å². The van der Waals surface area contributed by atoms with Crippen molar-refractivity contribution in [1.82, 2.24) is 4.90 Å². The normalized spacial score (nSPS) is 12.0. The highest BCUT2D eigenvalue weighted by Gasteiger charge is 2.19. The van der Waals surface area contributed by atoms with Gasteiger partial charge in [-0.25, -0.2) is 0 Å². The lowest BCUT2D eigenvalue weighted by Crippen LogP contribution is -2.33. The lowest BCUT2D eigenvalue weighted by Gasteiger charge is -2.22. The Morgan fingerprint density at radius 3 is 2.85 bits per heavy atom. The molecule has 0 fully saturated rings. The Balaban J connectivity index is 1.68. The molecular weight excluding hydrogens is 354 g/mol. The Morgan fingerprint density at radius 1 is 1.23 bits per heavy atom. The van der Waals surface area contributed by atoms with Gasteiger partial charge in [0.1, 0.15) is 0 Å². The van der Waals surface area contributed by atoms with Gasteiger partial charge in [-0.05, 0) is 36.1 Å². The molecule has 0 N–H and O–H groups in total. The summed E-state index contributed by atoms with van der Waals surface area (Å²) in [4.78, 5) is 27.1. The third-order valence-corrected chi connectivity index (χ3v) is 4.84. The maximum absolute atomic E-state index is 12.7. The Labute approximate surface area is 156 Å². The number of carbonyl (C=O) groups is 2. The molecule has 1 aliphatic rings. The number of hydrogen-bond acceptors (Lipinski definition) is 6. The van der Waals surface area contributed by atoms with E-state index in [1.807, 2.05) is 35.7 Å². The van der Waals surface area contributed by atoms with E-state index >= 15 is 0 Å². The first-order valence-electron chi connectivity index (χ1n) is 8.50. The van der Waals surface area contributed by atoms with E-state index in [1.165, 1.54) is 0 Å². The van der Waals surface area contributed by atoms with Crippen LogP contribution in [-0.4, -0.2) is 36.7 Å². The average Bonchev–Trinajstić information content (AvgIpc) is 3.29. The van der Waals surface area contributed by atoms with Crippen molar-refractivity contribution in [2.45, 2.75) is 26.3 Å². The minimum Gasteiger partial charge on any atom is -0.466 e. The highest BCUT2D eigenvalue weighted by atomic mass is 32.1. The molecule has 26 heavy (non-hydrogen) atoms. The molecule has 0 aliphatic carbocycles. The first-order chi connectivity index (χ1) is 12.7. The predicted octanol–water partition coefficient (Wildman–Crippen LogP) is 3.00. The molecule has 0 bridgehead atoms. The monoisotopic (exact) mass is 375 g/mol. The topological polar surface area (TPSA) is 65.1 Å². The molecule has 3 rings (SSSR count). The van der Waals surface area contributed by atoms with E-state index in [-0.39, 0.29) is 25.1 Å². The van der Waals surface area contributed by atoms with E-state index in [2.05, 4.69) is 0 Å². The summed E-state index contributed by atoms with van der Waals surface area (Å²) in [5.74, 6) is 1.07. The molecule has 138 valence electrons. The SMILES string of the molecule is CCOC(=O)CCN(Cc1ccc2c(c1)OCO2)C(=O)Cc1cccs1. The quantitative estimate of drug-likeness (QED) is 0.664. The van der Waals surface area contributed by atoms with Crippen LogP contribution in [0.5, 0.6) is 11.5 Å². The van der Waals surface area contributed by atoms with Crippen molar-refractivity contribution in [3.8, 4) is 11.5 Å². The number of rotatable bonds is 8. The van der Waals surface area contributed by atoms with Crippen LogP contribution in [0.3, 0.4) is 0 Å². The molecule has 2 heterocycles. The van der Waals surface area contributed by atoms with E-state index in [9.17, 15) is 9.59 Å². The van der Waals surface area contributed by atoms with Gasteiger partial charge in [-0.1, -0.05) is 12.1 Å². The Kier molecular flexibility index (Phi) is 6.12. The number of benzene rings is 1. The second kappa shape index (κ2) is 8.71. The molecule has 0 saturated carbocycles. The van der Waals surface area contributed by atoms with Crippen molar-refractivity contribution >= 4 is 23.2 Å². The summed E-state index contributed by atoms with van der Waals surface area (Å²) in [6, 6.07) is 9.48. The summed E-state index contributed by atoms with van der Waals surface area (Å²) in [7, 11) is 0. The molecule has 1 aromatic heterocycles. The summed E-state index contributed by atoms with van der Waals surface area (Å²) >= 11 is 1.55. The van der Waals surface area contributed by atoms with Crippen LogP contribution in [0.2, 0.25) is 0 Å². The van der Waals surface area contributed by atoms with Crippen LogP contribution in [0.15, 0.2) is 35.7 Å². The maximum Gasteiger partial charge on any atom is 0.307 e. The van der Waals surface area contributed by atoms with Crippen molar-refractivity contribution in [2.24, 2.45) is 0 Å². The number of esters is 1. The van der Waals surface area contributed by atoms with Gasteiger partial charge in [0.2, 0.25) is 12.7 Å². The highest BCUT2D eigenvalue weighted by molar-refractivity contribution is 7.10. The first-order valence-corrected chi connectivity index (χ1v) is 9.38. The molecular formula is C19H21NO5S. The largest absolute Gasteiger partial charge is 0.466 e. The zero-order valence-corrected chi connectivity index (χ0v) is 15.4. The summed E-state index contributed by atoms with van der Waals surface area (Å²) in [5, 5.41) is 1.95. The molecule has 1 aromatic carbocycles. The van der Waals surface area contributed by atoms with Crippen LogP contribution in [0.1, 0.15) is 23.8 Å². The molecule has 1 amide bonds. The van der Waals surface area contributed by atoms with Gasteiger partial charge in [-0.2, -0.15) is 0 Å². The molecule has 0 radical (unpaired) electrons. The molecule has 0 unspecified atom stereocenters. The number of thiophene rings is 1. The van der Waals surface area contributed by atoms with E-state index in [0.717, 1.165) is 10.4 Å². The van der Waals surface area contributed by atoms with Gasteiger partial charge in [-0.15, -0.1) is 11.3 Å². The van der Waals surface area contributed by atoms with E-state index in [0.29, 0.717) is 37.6 Å². The number of amides is 1. The number of hydrogen-bond donors (Lipinski definition) is 0. The lowest BCUT2D eigenvalue weighted by molar-refractivity contribution is -0.144. The Bertz CT molecular complexity index is 759. The third kappa shape index (κ3) is 4.76. The number of ether oxygens (including phenoxy) is 3. The van der Waals surface area contributed by atoms with Gasteiger partial charge in [0, 0.05) is 18.0 Å². The molecule has 6 nitrogen and oxygen atoms in total. The Hall–Kier alpha value is -2.54. The van der Waals surface area contributed by atoms with Gasteiger partial charge < -0.3 is 19.1 Å². The van der Waals surface area contributed by atoms with Crippen LogP contribution < -0.4 is 9.47 Å². The number of nitrogens with zero attached hydrogens (tertiary/aromatic N) is 1. The summed E-state index contributed by atoms with van der Waals surface area (Å²) in [6.07, 6.45) is 0.500. The zero-order valence-electron chi connectivity index (χ0n) is 14.6. The fraction of sp³-hybridized carbons (Fsp3) is 0.368. The van der Waals surface area contributed by atoms with Gasteiger partial charge in [0.05, 0.1) is 19.4 Å². The Morgan fingerprint density at radius 2 is 2.08 bits per heavy atom. The summed E-state index contributed by atoms with van der Waals surface area (Å²) < 4.78 is 15.7. The zero-order chi connectivity index (χ0) is 18.4. The van der Waals surface area contributed by atoms with Crippen LogP contribution in [0, 0.1) is 0 Å². The average molecular weight is 375 g/mol. The summed E-state index contributed by atoms with van der Waals surface area (Å²) in [6.45, 7) is 3.04. The minimum absolute atomic E-state index is 0.0191. The molecule has 2 aromatic rings. The predicted molar refractivity (Wildman–Crippen MR) is 97.3 cm³/mol. The van der Waals surface area contributed by atoms with Crippen molar-refractivity contribution in [1.29, 1.82) is 0 Å². The number of fused-ring (bicyclic) bond motifs is 1. The first kappa shape index (κ1) is 18.3. The molecule has 0 saturated heterocycles. The van der Waals surface area contributed by atoms with Gasteiger partial charge in [-0.3, -0.25) is 9.59 Å².